The number of nitrogens with one attached hydrogen (secondary N) is 1. The quantitative estimate of drug-likeness (QED) is 0.893. The number of amides is 3. The number of pyridine rings is 1. The average molecular weight is 378 g/mol. The van der Waals surface area contributed by atoms with Crippen LogP contribution in [0.5, 0.6) is 0 Å². The number of benzene rings is 1. The molecule has 3 heterocycles. The van der Waals surface area contributed by atoms with Crippen molar-refractivity contribution >= 4 is 23.2 Å². The monoisotopic (exact) mass is 378 g/mol. The lowest BCUT2D eigenvalue weighted by Gasteiger charge is -2.33. The number of rotatable bonds is 3. The molecule has 1 fully saturated rings. The van der Waals surface area contributed by atoms with Gasteiger partial charge in [0.05, 0.1) is 18.3 Å². The minimum absolute atomic E-state index is 0.00461. The zero-order chi connectivity index (χ0) is 19.3. The van der Waals surface area contributed by atoms with Crippen molar-refractivity contribution in [1.29, 1.82) is 0 Å². The van der Waals surface area contributed by atoms with E-state index in [4.69, 9.17) is 0 Å². The summed E-state index contributed by atoms with van der Waals surface area (Å²) in [4.78, 5) is 33.1. The molecule has 2 bridgehead atoms. The van der Waals surface area contributed by atoms with Gasteiger partial charge in [0.25, 0.3) is 0 Å². The molecule has 1 saturated heterocycles. The Morgan fingerprint density at radius 3 is 2.96 bits per heavy atom. The summed E-state index contributed by atoms with van der Waals surface area (Å²) in [6.45, 7) is 0.858. The van der Waals surface area contributed by atoms with Gasteiger partial charge in [0.15, 0.2) is 0 Å². The van der Waals surface area contributed by atoms with Crippen molar-refractivity contribution in [1.82, 2.24) is 14.8 Å². The first-order chi connectivity index (χ1) is 13.6. The number of urea groups is 1. The molecule has 0 spiro atoms. The molecule has 1 aromatic carbocycles. The maximum Gasteiger partial charge on any atom is 0.322 e. The van der Waals surface area contributed by atoms with E-state index in [1.54, 1.807) is 12.3 Å². The van der Waals surface area contributed by atoms with Crippen molar-refractivity contribution in [2.75, 3.05) is 18.4 Å². The number of anilines is 1. The summed E-state index contributed by atoms with van der Waals surface area (Å²) in [6.07, 6.45) is 4.87. The summed E-state index contributed by atoms with van der Waals surface area (Å²) < 4.78 is 13.5. The van der Waals surface area contributed by atoms with Crippen molar-refractivity contribution in [3.05, 3.63) is 65.7 Å². The highest BCUT2D eigenvalue weighted by Crippen LogP contribution is 2.41. The van der Waals surface area contributed by atoms with Crippen molar-refractivity contribution < 1.29 is 14.0 Å². The summed E-state index contributed by atoms with van der Waals surface area (Å²) in [5.41, 5.74) is 3.24. The second-order valence-corrected chi connectivity index (χ2v) is 7.48. The maximum atomic E-state index is 13.5. The second-order valence-electron chi connectivity index (χ2n) is 7.48. The molecular weight excluding hydrogens is 359 g/mol. The van der Waals surface area contributed by atoms with E-state index < -0.39 is 0 Å². The second kappa shape index (κ2) is 6.44. The van der Waals surface area contributed by atoms with Crippen molar-refractivity contribution in [3.8, 4) is 0 Å². The molecule has 1 N–H and O–H groups in total. The fourth-order valence-electron chi connectivity index (χ4n) is 4.38. The molecule has 142 valence electrons. The van der Waals surface area contributed by atoms with Gasteiger partial charge in [0, 0.05) is 18.4 Å². The maximum absolute atomic E-state index is 13.5. The molecule has 0 saturated carbocycles. The number of carbonyl (C=O) groups is 2. The summed E-state index contributed by atoms with van der Waals surface area (Å²) >= 11 is 0. The van der Waals surface area contributed by atoms with E-state index in [0.717, 1.165) is 17.7 Å². The number of halogens is 1. The van der Waals surface area contributed by atoms with Crippen LogP contribution in [0.3, 0.4) is 0 Å². The van der Waals surface area contributed by atoms with Gasteiger partial charge in [0.2, 0.25) is 5.91 Å². The average Bonchev–Trinajstić information content (AvgIpc) is 3.31. The molecule has 5 rings (SSSR count). The highest BCUT2D eigenvalue weighted by molar-refractivity contribution is 5.95. The van der Waals surface area contributed by atoms with Crippen LogP contribution >= 0.6 is 0 Å². The van der Waals surface area contributed by atoms with Gasteiger partial charge in [-0.25, -0.2) is 9.18 Å². The molecular formula is C21H19FN4O2. The first-order valence-corrected chi connectivity index (χ1v) is 9.35. The predicted molar refractivity (Wildman–Crippen MR) is 102 cm³/mol. The van der Waals surface area contributed by atoms with Crippen LogP contribution in [0.2, 0.25) is 0 Å². The molecule has 1 aromatic heterocycles. The Labute approximate surface area is 161 Å². The Morgan fingerprint density at radius 1 is 1.29 bits per heavy atom. The number of carbonyl (C=O) groups excluding carboxylic acids is 2. The van der Waals surface area contributed by atoms with Crippen LogP contribution in [0.4, 0.5) is 14.9 Å². The first kappa shape index (κ1) is 16.9. The van der Waals surface area contributed by atoms with E-state index in [9.17, 15) is 14.0 Å². The Morgan fingerprint density at radius 2 is 2.18 bits per heavy atom. The van der Waals surface area contributed by atoms with E-state index in [0.29, 0.717) is 23.7 Å². The Bertz CT molecular complexity index is 991. The minimum Gasteiger partial charge on any atom is -0.333 e. The minimum atomic E-state index is -0.358. The molecule has 1 aliphatic carbocycles. The van der Waals surface area contributed by atoms with E-state index in [1.165, 1.54) is 17.0 Å². The molecule has 7 heteroatoms. The summed E-state index contributed by atoms with van der Waals surface area (Å²) in [6, 6.07) is 9.69. The summed E-state index contributed by atoms with van der Waals surface area (Å²) in [7, 11) is 0. The normalized spacial score (nSPS) is 22.8. The van der Waals surface area contributed by atoms with Gasteiger partial charge in [-0.05, 0) is 53.8 Å². The van der Waals surface area contributed by atoms with Crippen LogP contribution in [0.25, 0.3) is 5.57 Å². The lowest BCUT2D eigenvalue weighted by Crippen LogP contribution is -2.48. The van der Waals surface area contributed by atoms with E-state index in [-0.39, 0.29) is 36.9 Å². The van der Waals surface area contributed by atoms with Crippen LogP contribution in [0.15, 0.2) is 48.7 Å². The topological polar surface area (TPSA) is 65.5 Å². The smallest absolute Gasteiger partial charge is 0.322 e. The Balaban J connectivity index is 1.32. The number of nitrogens with zero attached hydrogens (tertiary/aromatic N) is 3. The van der Waals surface area contributed by atoms with Gasteiger partial charge in [-0.2, -0.15) is 0 Å². The fraction of sp³-hybridized carbons (Fsp3) is 0.286. The Hall–Kier alpha value is -3.22. The highest BCUT2D eigenvalue weighted by Gasteiger charge is 2.42. The number of hydrogen-bond acceptors (Lipinski definition) is 3. The van der Waals surface area contributed by atoms with Crippen LogP contribution in [-0.4, -0.2) is 45.9 Å². The van der Waals surface area contributed by atoms with Gasteiger partial charge in [-0.3, -0.25) is 9.78 Å². The largest absolute Gasteiger partial charge is 0.333 e. The molecule has 2 atom stereocenters. The van der Waals surface area contributed by atoms with Crippen LogP contribution < -0.4 is 5.32 Å². The molecule has 2 aromatic rings. The lowest BCUT2D eigenvalue weighted by molar-refractivity contribution is -0.132. The fourth-order valence-corrected chi connectivity index (χ4v) is 4.38. The standard InChI is InChI=1S/C21H19FN4O2/c22-15-4-5-17-14(9-15)11-25(21(28)24-17)12-20(27)26-10-13-7-16(19(26)8-13)18-3-1-2-6-23-18/h1-7,9,13,19H,8,10-12H2,(H,24,28)/t13-,19-/m0/s1. The van der Waals surface area contributed by atoms with Gasteiger partial charge in [-0.15, -0.1) is 0 Å². The van der Waals surface area contributed by atoms with Crippen LogP contribution in [0.1, 0.15) is 17.7 Å². The van der Waals surface area contributed by atoms with Crippen LogP contribution in [-0.2, 0) is 11.3 Å². The molecule has 6 nitrogen and oxygen atoms in total. The van der Waals surface area contributed by atoms with Crippen molar-refractivity contribution in [2.45, 2.75) is 19.0 Å². The lowest BCUT2D eigenvalue weighted by atomic mass is 10.0. The highest BCUT2D eigenvalue weighted by atomic mass is 19.1. The third-order valence-corrected chi connectivity index (χ3v) is 5.67. The third kappa shape index (κ3) is 2.83. The first-order valence-electron chi connectivity index (χ1n) is 9.35. The SMILES string of the molecule is O=C1Nc2ccc(F)cc2CN1CC(=O)N1C[C@H]2C=C(c3ccccn3)[C@@H]1C2. The van der Waals surface area contributed by atoms with Crippen molar-refractivity contribution in [3.63, 3.8) is 0 Å². The van der Waals surface area contributed by atoms with E-state index in [2.05, 4.69) is 16.4 Å². The molecule has 2 aliphatic heterocycles. The zero-order valence-electron chi connectivity index (χ0n) is 15.1. The zero-order valence-corrected chi connectivity index (χ0v) is 15.1. The van der Waals surface area contributed by atoms with E-state index in [1.807, 2.05) is 23.1 Å². The molecule has 0 radical (unpaired) electrons. The van der Waals surface area contributed by atoms with Gasteiger partial charge >= 0.3 is 6.03 Å². The number of aromatic nitrogens is 1. The van der Waals surface area contributed by atoms with E-state index >= 15 is 0 Å². The van der Waals surface area contributed by atoms with Crippen LogP contribution in [0, 0.1) is 11.7 Å². The van der Waals surface area contributed by atoms with Crippen molar-refractivity contribution in [2.24, 2.45) is 5.92 Å². The molecule has 3 aliphatic rings. The third-order valence-electron chi connectivity index (χ3n) is 5.67. The van der Waals surface area contributed by atoms with Gasteiger partial charge in [-0.1, -0.05) is 12.1 Å². The number of likely N-dealkylation sites (tertiary alicyclic amines) is 1. The predicted octanol–water partition coefficient (Wildman–Crippen LogP) is 2.88. The van der Waals surface area contributed by atoms with Gasteiger partial charge < -0.3 is 15.1 Å². The molecule has 0 unspecified atom stereocenters. The van der Waals surface area contributed by atoms with Gasteiger partial charge in [0.1, 0.15) is 12.4 Å². The summed E-state index contributed by atoms with van der Waals surface area (Å²) in [5.74, 6) is -0.122. The number of hydrogen-bond donors (Lipinski definition) is 1. The Kier molecular flexibility index (Phi) is 3.89. The summed E-state index contributed by atoms with van der Waals surface area (Å²) in [5, 5.41) is 2.73. The molecule has 28 heavy (non-hydrogen) atoms. The molecule has 3 amide bonds. The number of fused-ring (bicyclic) bond motifs is 3.